The molecular formula is C16H22ClN3. The third-order valence-electron chi connectivity index (χ3n) is 4.66. The Bertz CT molecular complexity index is 584. The monoisotopic (exact) mass is 291 g/mol. The SMILES string of the molecule is CN1CCC(C(CN)c2c[nH]c3ccc(Cl)cc23)CC1. The summed E-state index contributed by atoms with van der Waals surface area (Å²) in [5.41, 5.74) is 8.58. The zero-order valence-electron chi connectivity index (χ0n) is 11.9. The Kier molecular flexibility index (Phi) is 4.01. The number of H-pyrrole nitrogens is 1. The van der Waals surface area contributed by atoms with E-state index in [0.717, 1.165) is 10.5 Å². The first-order valence-electron chi connectivity index (χ1n) is 7.34. The quantitative estimate of drug-likeness (QED) is 0.912. The Labute approximate surface area is 125 Å². The maximum absolute atomic E-state index is 6.15. The molecule has 108 valence electrons. The van der Waals surface area contributed by atoms with Crippen molar-refractivity contribution in [2.75, 3.05) is 26.7 Å². The number of fused-ring (bicyclic) bond motifs is 1. The van der Waals surface area contributed by atoms with E-state index in [0.29, 0.717) is 18.4 Å². The van der Waals surface area contributed by atoms with Crippen molar-refractivity contribution in [3.05, 3.63) is 35.0 Å². The molecule has 1 fully saturated rings. The van der Waals surface area contributed by atoms with Crippen LogP contribution in [-0.2, 0) is 0 Å². The Balaban J connectivity index is 1.93. The maximum Gasteiger partial charge on any atom is 0.0457 e. The molecule has 1 aromatic heterocycles. The average molecular weight is 292 g/mol. The van der Waals surface area contributed by atoms with Gasteiger partial charge in [0.15, 0.2) is 0 Å². The van der Waals surface area contributed by atoms with Crippen LogP contribution in [-0.4, -0.2) is 36.6 Å². The van der Waals surface area contributed by atoms with E-state index in [1.807, 2.05) is 12.1 Å². The summed E-state index contributed by atoms with van der Waals surface area (Å²) in [4.78, 5) is 5.75. The van der Waals surface area contributed by atoms with Crippen LogP contribution in [0.1, 0.15) is 24.3 Å². The normalized spacial score (nSPS) is 19.6. The molecule has 1 saturated heterocycles. The molecular weight excluding hydrogens is 270 g/mol. The lowest BCUT2D eigenvalue weighted by Crippen LogP contribution is -2.34. The van der Waals surface area contributed by atoms with E-state index in [4.69, 9.17) is 17.3 Å². The average Bonchev–Trinajstić information content (AvgIpc) is 2.85. The number of nitrogens with one attached hydrogen (secondary N) is 1. The fourth-order valence-corrected chi connectivity index (χ4v) is 3.60. The molecule has 0 aliphatic carbocycles. The Morgan fingerprint density at radius 3 is 2.85 bits per heavy atom. The molecule has 0 amide bonds. The van der Waals surface area contributed by atoms with Crippen molar-refractivity contribution in [3.8, 4) is 0 Å². The second-order valence-corrected chi connectivity index (χ2v) is 6.35. The standard InChI is InChI=1S/C16H22ClN3/c1-20-6-4-11(5-7-20)14(9-18)15-10-19-16-3-2-12(17)8-13(15)16/h2-3,8,10-11,14,19H,4-7,9,18H2,1H3. The summed E-state index contributed by atoms with van der Waals surface area (Å²) in [6.07, 6.45) is 4.58. The molecule has 2 heterocycles. The minimum atomic E-state index is 0.427. The number of benzene rings is 1. The van der Waals surface area contributed by atoms with E-state index in [1.165, 1.54) is 36.9 Å². The molecule has 1 atom stereocenters. The number of likely N-dealkylation sites (tertiary alicyclic amines) is 1. The van der Waals surface area contributed by atoms with Crippen LogP contribution in [0.4, 0.5) is 0 Å². The van der Waals surface area contributed by atoms with Crippen molar-refractivity contribution in [2.45, 2.75) is 18.8 Å². The molecule has 3 N–H and O–H groups in total. The van der Waals surface area contributed by atoms with Gasteiger partial charge in [-0.1, -0.05) is 11.6 Å². The summed E-state index contributed by atoms with van der Waals surface area (Å²) in [6, 6.07) is 6.03. The molecule has 0 bridgehead atoms. The number of aromatic nitrogens is 1. The fourth-order valence-electron chi connectivity index (χ4n) is 3.43. The van der Waals surface area contributed by atoms with Crippen molar-refractivity contribution in [2.24, 2.45) is 11.7 Å². The van der Waals surface area contributed by atoms with Gasteiger partial charge in [-0.3, -0.25) is 0 Å². The number of nitrogens with two attached hydrogens (primary N) is 1. The smallest absolute Gasteiger partial charge is 0.0457 e. The van der Waals surface area contributed by atoms with Crippen molar-refractivity contribution >= 4 is 22.5 Å². The van der Waals surface area contributed by atoms with Gasteiger partial charge in [0.25, 0.3) is 0 Å². The number of nitrogens with zero attached hydrogens (tertiary/aromatic N) is 1. The number of piperidine rings is 1. The van der Waals surface area contributed by atoms with Gasteiger partial charge in [0, 0.05) is 28.0 Å². The third kappa shape index (κ3) is 2.58. The zero-order valence-corrected chi connectivity index (χ0v) is 12.7. The molecule has 0 radical (unpaired) electrons. The molecule has 1 unspecified atom stereocenters. The summed E-state index contributed by atoms with van der Waals surface area (Å²) in [6.45, 7) is 3.04. The Hall–Kier alpha value is -1.03. The lowest BCUT2D eigenvalue weighted by molar-refractivity contribution is 0.199. The predicted molar refractivity (Wildman–Crippen MR) is 85.3 cm³/mol. The maximum atomic E-state index is 6.15. The van der Waals surface area contributed by atoms with Crippen LogP contribution in [0.25, 0.3) is 10.9 Å². The predicted octanol–water partition coefficient (Wildman–Crippen LogP) is 3.21. The van der Waals surface area contributed by atoms with Crippen molar-refractivity contribution < 1.29 is 0 Å². The van der Waals surface area contributed by atoms with E-state index in [2.05, 4.69) is 29.2 Å². The van der Waals surface area contributed by atoms with Gasteiger partial charge in [0.1, 0.15) is 0 Å². The highest BCUT2D eigenvalue weighted by Crippen LogP contribution is 2.36. The topological polar surface area (TPSA) is 45.0 Å². The second-order valence-electron chi connectivity index (χ2n) is 5.92. The Morgan fingerprint density at radius 1 is 1.40 bits per heavy atom. The minimum absolute atomic E-state index is 0.427. The van der Waals surface area contributed by atoms with Gasteiger partial charge in [-0.15, -0.1) is 0 Å². The Morgan fingerprint density at radius 2 is 2.15 bits per heavy atom. The van der Waals surface area contributed by atoms with Crippen molar-refractivity contribution in [1.29, 1.82) is 0 Å². The molecule has 4 heteroatoms. The van der Waals surface area contributed by atoms with Crippen LogP contribution in [0.3, 0.4) is 0 Å². The fraction of sp³-hybridized carbons (Fsp3) is 0.500. The molecule has 1 aromatic carbocycles. The summed E-state index contributed by atoms with van der Waals surface area (Å²) < 4.78 is 0. The van der Waals surface area contributed by atoms with Gasteiger partial charge in [-0.25, -0.2) is 0 Å². The number of halogens is 1. The van der Waals surface area contributed by atoms with Gasteiger partial charge in [-0.2, -0.15) is 0 Å². The second kappa shape index (κ2) is 5.76. The molecule has 0 saturated carbocycles. The zero-order chi connectivity index (χ0) is 14.1. The van der Waals surface area contributed by atoms with Crippen LogP contribution in [0.2, 0.25) is 5.02 Å². The van der Waals surface area contributed by atoms with Crippen LogP contribution in [0.15, 0.2) is 24.4 Å². The molecule has 0 spiro atoms. The van der Waals surface area contributed by atoms with Gasteiger partial charge >= 0.3 is 0 Å². The van der Waals surface area contributed by atoms with E-state index >= 15 is 0 Å². The number of rotatable bonds is 3. The van der Waals surface area contributed by atoms with Crippen molar-refractivity contribution in [3.63, 3.8) is 0 Å². The van der Waals surface area contributed by atoms with Gasteiger partial charge < -0.3 is 15.6 Å². The first-order valence-corrected chi connectivity index (χ1v) is 7.72. The highest BCUT2D eigenvalue weighted by Gasteiger charge is 2.27. The highest BCUT2D eigenvalue weighted by atomic mass is 35.5. The lowest BCUT2D eigenvalue weighted by Gasteiger charge is -2.33. The van der Waals surface area contributed by atoms with Gasteiger partial charge in [0.2, 0.25) is 0 Å². The van der Waals surface area contributed by atoms with E-state index in [9.17, 15) is 0 Å². The molecule has 1 aliphatic rings. The van der Waals surface area contributed by atoms with Crippen LogP contribution in [0, 0.1) is 5.92 Å². The number of aromatic amines is 1. The van der Waals surface area contributed by atoms with E-state index < -0.39 is 0 Å². The molecule has 3 rings (SSSR count). The van der Waals surface area contributed by atoms with Crippen molar-refractivity contribution in [1.82, 2.24) is 9.88 Å². The molecule has 20 heavy (non-hydrogen) atoms. The first-order chi connectivity index (χ1) is 9.69. The first kappa shape index (κ1) is 13.9. The third-order valence-corrected chi connectivity index (χ3v) is 4.90. The summed E-state index contributed by atoms with van der Waals surface area (Å²) >= 11 is 6.15. The van der Waals surface area contributed by atoms with Crippen LogP contribution < -0.4 is 5.73 Å². The molecule has 1 aliphatic heterocycles. The highest BCUT2D eigenvalue weighted by molar-refractivity contribution is 6.31. The molecule has 2 aromatic rings. The summed E-state index contributed by atoms with van der Waals surface area (Å²) in [5.74, 6) is 1.10. The van der Waals surface area contributed by atoms with Crippen LogP contribution >= 0.6 is 11.6 Å². The van der Waals surface area contributed by atoms with Gasteiger partial charge in [-0.05, 0) is 69.2 Å². The summed E-state index contributed by atoms with van der Waals surface area (Å²) in [5, 5.41) is 2.02. The lowest BCUT2D eigenvalue weighted by atomic mass is 9.80. The van der Waals surface area contributed by atoms with Gasteiger partial charge in [0.05, 0.1) is 0 Å². The van der Waals surface area contributed by atoms with E-state index in [1.54, 1.807) is 0 Å². The molecule has 3 nitrogen and oxygen atoms in total. The minimum Gasteiger partial charge on any atom is -0.361 e. The summed E-state index contributed by atoms with van der Waals surface area (Å²) in [7, 11) is 2.19. The number of hydrogen-bond acceptors (Lipinski definition) is 2. The number of hydrogen-bond donors (Lipinski definition) is 2. The van der Waals surface area contributed by atoms with E-state index in [-0.39, 0.29) is 0 Å². The largest absolute Gasteiger partial charge is 0.361 e. The van der Waals surface area contributed by atoms with Crippen LogP contribution in [0.5, 0.6) is 0 Å².